The third-order valence-electron chi connectivity index (χ3n) is 24.6. The minimum Gasteiger partial charge on any atom is -0.493 e. The van der Waals surface area contributed by atoms with Gasteiger partial charge in [0.05, 0.1) is 117 Å². The summed E-state index contributed by atoms with van der Waals surface area (Å²) in [7, 11) is -10.7. The molecule has 4 saturated heterocycles. The second kappa shape index (κ2) is 47.7. The number of halogens is 6. The minimum absolute atomic E-state index is 0.0659. The van der Waals surface area contributed by atoms with Crippen molar-refractivity contribution >= 4 is 81.9 Å². The zero-order valence-electron chi connectivity index (χ0n) is 80.5. The van der Waals surface area contributed by atoms with Gasteiger partial charge in [-0.2, -0.15) is 0 Å². The van der Waals surface area contributed by atoms with Crippen molar-refractivity contribution in [2.75, 3.05) is 79.7 Å². The Morgan fingerprint density at radius 2 is 0.595 bits per heavy atom. The van der Waals surface area contributed by atoms with Gasteiger partial charge < -0.3 is 71.1 Å². The van der Waals surface area contributed by atoms with Gasteiger partial charge in [-0.1, -0.05) is 189 Å². The van der Waals surface area contributed by atoms with Crippen LogP contribution in [0.3, 0.4) is 0 Å². The van der Waals surface area contributed by atoms with Crippen LogP contribution in [0, 0.1) is 10.8 Å². The first-order chi connectivity index (χ1) is 71.6. The van der Waals surface area contributed by atoms with Crippen LogP contribution >= 0.6 is 19.6 Å². The molecule has 0 radical (unpaired) electrons. The number of carbonyl (C=O) groups is 5. The molecule has 0 amide bonds. The maximum atomic E-state index is 14.2. The molecular formula is C119H103F6O20PS2. The summed E-state index contributed by atoms with van der Waals surface area (Å²) < 4.78 is 144. The summed E-state index contributed by atoms with van der Waals surface area (Å²) in [5.41, 5.74) is 6.43. The average Bonchev–Trinajstić information content (AvgIpc) is 0.948. The molecule has 758 valence electrons. The number of hydrogen-bond acceptors (Lipinski definition) is 21. The van der Waals surface area contributed by atoms with Gasteiger partial charge in [0, 0.05) is 44.6 Å². The summed E-state index contributed by atoms with van der Waals surface area (Å²) in [6, 6.07) is 120. The Morgan fingerprint density at radius 1 is 0.318 bits per heavy atom. The predicted molar refractivity (Wildman–Crippen MR) is 557 cm³/mol. The van der Waals surface area contributed by atoms with Gasteiger partial charge in [0.15, 0.2) is 28.3 Å². The van der Waals surface area contributed by atoms with Crippen LogP contribution < -0.4 is 42.6 Å². The Balaban J connectivity index is 0.000000198. The topological polar surface area (TPSA) is 230 Å². The first-order valence-electron chi connectivity index (χ1n) is 47.9. The molecule has 148 heavy (non-hydrogen) atoms. The van der Waals surface area contributed by atoms with Crippen molar-refractivity contribution in [3.8, 4) is 85.1 Å². The molecular weight excluding hydrogens is 1960 g/mol. The van der Waals surface area contributed by atoms with E-state index in [4.69, 9.17) is 71.1 Å². The van der Waals surface area contributed by atoms with E-state index in [0.717, 1.165) is 94.2 Å². The van der Waals surface area contributed by atoms with Gasteiger partial charge in [-0.05, 0) is 275 Å². The number of benzene rings is 16. The standard InChI is InChI=1S/C74H62O14.C24H19S2.C21H22O6.F6P/c1-3-73(41-79-42-73)45-81-47-83-59-31-25-57(26-32-59)69(75)85-61-35-21-51(22-36-61)49-13-17-55(18-14-49)71(77)87-65-39-29-53-9-5-7-11-63(53)67(65)68-64-12-8-6-10-54(64)30-40-66(68)88-72(78)56-19-15-50(16-20-56)52-23-37-62(38-24-52)86-70(76)58-27-33-60(34-28-58)84-48-82-46-74(4-2)43-80-44-74;1-4-10-20(11-5-1)25-21-16-18-24(19-17-21)26(22-12-6-2-7-13-22)23-14-8-3-9-15-23;22-21(15-1-3-16(4-2-15)23-11-9-19-13-25-19)27-18-7-5-17(6-8-18)24-12-10-20-14-26-20;1-7(2,3,4,5)6/h5-40H,3-4,41-48H2,1-2H3;1-19H;1-8,19-20H,9-14H2;/q;+1;;-1. The normalized spacial score (nSPS) is 14.8. The van der Waals surface area contributed by atoms with E-state index in [0.29, 0.717) is 133 Å². The van der Waals surface area contributed by atoms with Crippen LogP contribution in [0.25, 0.3) is 54.9 Å². The second-order valence-corrected chi connectivity index (χ2v) is 40.5. The summed E-state index contributed by atoms with van der Waals surface area (Å²) in [6.07, 6.45) is 4.44. The molecule has 0 spiro atoms. The van der Waals surface area contributed by atoms with Gasteiger partial charge in [0.2, 0.25) is 0 Å². The van der Waals surface area contributed by atoms with Gasteiger partial charge in [-0.3, -0.25) is 0 Å². The van der Waals surface area contributed by atoms with Crippen LogP contribution in [0.5, 0.6) is 51.7 Å². The molecule has 2 atom stereocenters. The third kappa shape index (κ3) is 30.2. The minimum atomic E-state index is -10.7. The van der Waals surface area contributed by atoms with Crippen molar-refractivity contribution in [2.24, 2.45) is 10.8 Å². The van der Waals surface area contributed by atoms with Crippen LogP contribution in [-0.4, -0.2) is 122 Å². The second-order valence-electron chi connectivity index (χ2n) is 35.4. The number of epoxide rings is 2. The SMILES string of the molecule is CCC1(COCOc2ccc(C(=O)Oc3ccc(-c4ccc(C(=O)Oc5ccc6ccccc6c5-c5c(OC(=O)c6ccc(-c7ccc(OC(=O)c8ccc(OCOCC9(CC)COC9)cc8)cc7)cc6)ccc6ccccc56)cc4)cc3)cc2)COC1.F[P-](F)(F)(F)(F)F.O=C(Oc1ccc(OCCC2CO2)cc1)c1ccc(OCCC2CO2)cc1.c1ccc(Sc2ccc([S+](c3ccccc3)c3ccccc3)cc2)cc1. The number of rotatable bonds is 38. The van der Waals surface area contributed by atoms with Crippen molar-refractivity contribution in [3.05, 3.63) is 410 Å². The first-order valence-corrected chi connectivity index (χ1v) is 52.0. The molecule has 20 rings (SSSR count). The van der Waals surface area contributed by atoms with Gasteiger partial charge in [-0.15, -0.1) is 0 Å². The van der Waals surface area contributed by atoms with Crippen molar-refractivity contribution in [1.29, 1.82) is 0 Å². The summed E-state index contributed by atoms with van der Waals surface area (Å²) >= 11 is 1.80. The van der Waals surface area contributed by atoms with Crippen molar-refractivity contribution < 1.29 is 120 Å². The maximum absolute atomic E-state index is 14.2. The number of esters is 5. The molecule has 4 fully saturated rings. The molecule has 29 heteroatoms. The molecule has 0 aromatic heterocycles. The average molecular weight is 2060 g/mol. The van der Waals surface area contributed by atoms with Gasteiger partial charge >= 0.3 is 62.8 Å². The van der Waals surface area contributed by atoms with Gasteiger partial charge in [-0.25, -0.2) is 24.0 Å². The number of fused-ring (bicyclic) bond motifs is 2. The van der Waals surface area contributed by atoms with Crippen molar-refractivity contribution in [1.82, 2.24) is 0 Å². The van der Waals surface area contributed by atoms with E-state index >= 15 is 0 Å². The monoisotopic (exact) mass is 2060 g/mol. The fourth-order valence-corrected chi connectivity index (χ4v) is 18.8. The molecule has 4 aliphatic rings. The van der Waals surface area contributed by atoms with Crippen LogP contribution in [0.2, 0.25) is 0 Å². The van der Waals surface area contributed by atoms with E-state index in [1.807, 2.05) is 109 Å². The summed E-state index contributed by atoms with van der Waals surface area (Å²) in [6.45, 7) is 11.2. The van der Waals surface area contributed by atoms with E-state index in [2.05, 4.69) is 129 Å². The quantitative estimate of drug-likeness (QED) is 0.00512. The van der Waals surface area contributed by atoms with E-state index in [9.17, 15) is 49.2 Å². The maximum Gasteiger partial charge on any atom is 0.343 e. The molecule has 0 N–H and O–H groups in total. The summed E-state index contributed by atoms with van der Waals surface area (Å²) in [5, 5.41) is 3.33. The Bertz CT molecular complexity index is 6860. The zero-order valence-corrected chi connectivity index (χ0v) is 83.1. The Morgan fingerprint density at radius 3 is 0.926 bits per heavy atom. The number of hydrogen-bond donors (Lipinski definition) is 0. The van der Waals surface area contributed by atoms with Crippen molar-refractivity contribution in [3.63, 3.8) is 0 Å². The van der Waals surface area contributed by atoms with E-state index in [1.165, 1.54) is 24.5 Å². The molecule has 20 nitrogen and oxygen atoms in total. The predicted octanol–water partition coefficient (Wildman–Crippen LogP) is 29.0. The smallest absolute Gasteiger partial charge is 0.343 e. The van der Waals surface area contributed by atoms with Crippen LogP contribution in [0.1, 0.15) is 91.3 Å². The van der Waals surface area contributed by atoms with Gasteiger partial charge in [0.25, 0.3) is 0 Å². The Labute approximate surface area is 858 Å². The number of ether oxygens (including phenoxy) is 15. The van der Waals surface area contributed by atoms with E-state index in [-0.39, 0.29) is 46.8 Å². The van der Waals surface area contributed by atoms with Crippen molar-refractivity contribution in [2.45, 2.75) is 76.2 Å². The zero-order chi connectivity index (χ0) is 103. The largest absolute Gasteiger partial charge is 0.493 e. The molecule has 16 aromatic carbocycles. The van der Waals surface area contributed by atoms with Crippen LogP contribution in [-0.2, 0) is 39.3 Å². The van der Waals surface area contributed by atoms with E-state index < -0.39 is 37.7 Å². The molecule has 4 heterocycles. The third-order valence-corrected chi connectivity index (χ3v) is 27.8. The van der Waals surface area contributed by atoms with Gasteiger partial charge in [0.1, 0.15) is 51.7 Å². The fourth-order valence-electron chi connectivity index (χ4n) is 15.9. The fraction of sp³-hybridized carbons (Fsp3) is 0.185. The van der Waals surface area contributed by atoms with Crippen LogP contribution in [0.4, 0.5) is 25.2 Å². The van der Waals surface area contributed by atoms with Crippen LogP contribution in [0.15, 0.2) is 407 Å². The molecule has 0 aliphatic carbocycles. The molecule has 0 bridgehead atoms. The van der Waals surface area contributed by atoms with E-state index in [1.54, 1.807) is 169 Å². The molecule has 4 aliphatic heterocycles. The summed E-state index contributed by atoms with van der Waals surface area (Å²) in [4.78, 5) is 73.4. The Hall–Kier alpha value is -14.9. The molecule has 0 saturated carbocycles. The first kappa shape index (κ1) is 104. The number of carbonyl (C=O) groups excluding carboxylic acids is 5. The summed E-state index contributed by atoms with van der Waals surface area (Å²) in [5.74, 6) is 1.76. The molecule has 16 aromatic rings. The molecule has 2 unspecified atom stereocenters. The Kier molecular flexibility index (Phi) is 33.7.